The molecule has 0 heterocycles. The van der Waals surface area contributed by atoms with Crippen LogP contribution in [-0.4, -0.2) is 17.5 Å². The Balaban J connectivity index is 3.98. The summed E-state index contributed by atoms with van der Waals surface area (Å²) in [7, 11) is 0. The van der Waals surface area contributed by atoms with Crippen molar-refractivity contribution >= 4 is 5.78 Å². The van der Waals surface area contributed by atoms with Gasteiger partial charge < -0.3 is 9.90 Å². The van der Waals surface area contributed by atoms with Gasteiger partial charge in [-0.1, -0.05) is 37.1 Å². The lowest BCUT2D eigenvalue weighted by Crippen LogP contribution is -2.13. The quantitative estimate of drug-likeness (QED) is 0.540. The fourth-order valence-electron chi connectivity index (χ4n) is 2.32. The van der Waals surface area contributed by atoms with E-state index in [0.29, 0.717) is 24.9 Å². The van der Waals surface area contributed by atoms with Crippen molar-refractivity contribution in [2.45, 2.75) is 73.1 Å². The van der Waals surface area contributed by atoms with Gasteiger partial charge in [-0.25, -0.2) is 0 Å². The summed E-state index contributed by atoms with van der Waals surface area (Å²) in [5.41, 5.74) is 2.79. The first kappa shape index (κ1) is 20.1. The highest BCUT2D eigenvalue weighted by atomic mass is 16.3. The molecule has 0 aromatic rings. The Labute approximate surface area is 131 Å². The number of Topliss-reactive ketones (excluding diaryl/α,β-unsaturated/α-hetero) is 1. The molecule has 0 fully saturated rings. The molecule has 0 aliphatic heterocycles. The van der Waals surface area contributed by atoms with Gasteiger partial charge in [0.2, 0.25) is 0 Å². The lowest BCUT2D eigenvalue weighted by molar-refractivity contribution is -0.116. The smallest absolute Gasteiger partial charge is 0.130 e. The lowest BCUT2D eigenvalue weighted by atomic mass is 9.90. The zero-order chi connectivity index (χ0) is 16.3. The molecule has 0 aliphatic carbocycles. The summed E-state index contributed by atoms with van der Waals surface area (Å²) in [4.78, 5) is 10.9. The first-order valence-electron chi connectivity index (χ1n) is 8.28. The van der Waals surface area contributed by atoms with Gasteiger partial charge in [0.15, 0.2) is 0 Å². The van der Waals surface area contributed by atoms with Crippen LogP contribution in [0.4, 0.5) is 0 Å². The monoisotopic (exact) mass is 294 g/mol. The molecule has 2 nitrogen and oxygen atoms in total. The normalized spacial score (nSPS) is 14.6. The van der Waals surface area contributed by atoms with E-state index in [1.165, 1.54) is 11.1 Å². The first-order valence-corrected chi connectivity index (χ1v) is 8.28. The van der Waals surface area contributed by atoms with E-state index in [1.54, 1.807) is 6.92 Å². The maximum atomic E-state index is 10.9. The van der Waals surface area contributed by atoms with E-state index in [1.807, 2.05) is 0 Å². The standard InChI is InChI=1S/C19H34O2/c1-15(2)19(14-20)13-12-17(4)9-6-8-16(3)10-7-11-18(5)21/h9-10,15,19-20H,6-8,11-14H2,1-5H3/b16-10+,17-9+. The van der Waals surface area contributed by atoms with E-state index in [9.17, 15) is 9.90 Å². The Hall–Kier alpha value is -0.890. The Bertz CT molecular complexity index is 351. The summed E-state index contributed by atoms with van der Waals surface area (Å²) in [5.74, 6) is 1.23. The van der Waals surface area contributed by atoms with Crippen molar-refractivity contribution in [2.24, 2.45) is 11.8 Å². The molecule has 0 bridgehead atoms. The van der Waals surface area contributed by atoms with Gasteiger partial charge in [-0.3, -0.25) is 0 Å². The number of carbonyl (C=O) groups excluding carboxylic acids is 1. The zero-order valence-electron chi connectivity index (χ0n) is 14.6. The minimum absolute atomic E-state index is 0.262. The molecule has 1 atom stereocenters. The van der Waals surface area contributed by atoms with Gasteiger partial charge in [-0.15, -0.1) is 0 Å². The van der Waals surface area contributed by atoms with E-state index >= 15 is 0 Å². The number of carbonyl (C=O) groups is 1. The largest absolute Gasteiger partial charge is 0.396 e. The van der Waals surface area contributed by atoms with Crippen molar-refractivity contribution < 1.29 is 9.90 Å². The van der Waals surface area contributed by atoms with Gasteiger partial charge >= 0.3 is 0 Å². The van der Waals surface area contributed by atoms with Crippen LogP contribution in [0.25, 0.3) is 0 Å². The van der Waals surface area contributed by atoms with Crippen LogP contribution in [0.3, 0.4) is 0 Å². The summed E-state index contributed by atoms with van der Waals surface area (Å²) < 4.78 is 0. The van der Waals surface area contributed by atoms with Crippen molar-refractivity contribution in [3.63, 3.8) is 0 Å². The second kappa shape index (κ2) is 11.7. The fraction of sp³-hybridized carbons (Fsp3) is 0.737. The molecule has 0 saturated carbocycles. The second-order valence-electron chi connectivity index (χ2n) is 6.61. The number of aliphatic hydroxyl groups is 1. The van der Waals surface area contributed by atoms with Crippen LogP contribution in [0.15, 0.2) is 23.3 Å². The van der Waals surface area contributed by atoms with Crippen LogP contribution >= 0.6 is 0 Å². The third-order valence-corrected chi connectivity index (χ3v) is 4.11. The van der Waals surface area contributed by atoms with Crippen LogP contribution in [-0.2, 0) is 4.79 Å². The second-order valence-corrected chi connectivity index (χ2v) is 6.61. The molecule has 0 rings (SSSR count). The highest BCUT2D eigenvalue weighted by molar-refractivity contribution is 5.75. The number of hydrogen-bond acceptors (Lipinski definition) is 2. The van der Waals surface area contributed by atoms with Gasteiger partial charge in [0.25, 0.3) is 0 Å². The maximum Gasteiger partial charge on any atom is 0.130 e. The van der Waals surface area contributed by atoms with Crippen molar-refractivity contribution in [3.05, 3.63) is 23.3 Å². The van der Waals surface area contributed by atoms with Gasteiger partial charge in [0.1, 0.15) is 5.78 Å². The molecule has 1 unspecified atom stereocenters. The summed E-state index contributed by atoms with van der Waals surface area (Å²) in [6, 6.07) is 0. The number of hydrogen-bond donors (Lipinski definition) is 1. The SMILES string of the molecule is CC(=O)CC/C=C(\C)CC/C=C(\C)CCC(CO)C(C)C. The molecule has 0 aromatic carbocycles. The van der Waals surface area contributed by atoms with Gasteiger partial charge in [-0.2, -0.15) is 0 Å². The van der Waals surface area contributed by atoms with E-state index in [-0.39, 0.29) is 5.78 Å². The van der Waals surface area contributed by atoms with Crippen LogP contribution < -0.4 is 0 Å². The van der Waals surface area contributed by atoms with Crippen molar-refractivity contribution in [1.82, 2.24) is 0 Å². The highest BCUT2D eigenvalue weighted by Gasteiger charge is 2.11. The van der Waals surface area contributed by atoms with E-state index in [4.69, 9.17) is 0 Å². The molecule has 0 aromatic heterocycles. The first-order chi connectivity index (χ1) is 9.86. The molecule has 0 saturated heterocycles. The zero-order valence-corrected chi connectivity index (χ0v) is 14.6. The minimum Gasteiger partial charge on any atom is -0.396 e. The van der Waals surface area contributed by atoms with Gasteiger partial charge in [-0.05, 0) is 64.7 Å². The van der Waals surface area contributed by atoms with E-state index in [0.717, 1.165) is 32.1 Å². The summed E-state index contributed by atoms with van der Waals surface area (Å²) in [6.45, 7) is 10.6. The third kappa shape index (κ3) is 11.4. The van der Waals surface area contributed by atoms with Gasteiger partial charge in [0, 0.05) is 13.0 Å². The predicted molar refractivity (Wildman–Crippen MR) is 91.3 cm³/mol. The number of aliphatic hydroxyl groups excluding tert-OH is 1. The molecule has 0 radical (unpaired) electrons. The molecule has 0 aliphatic rings. The topological polar surface area (TPSA) is 37.3 Å². The molecule has 21 heavy (non-hydrogen) atoms. The molecule has 0 amide bonds. The minimum atomic E-state index is 0.262. The molecule has 1 N–H and O–H groups in total. The van der Waals surface area contributed by atoms with Crippen molar-refractivity contribution in [3.8, 4) is 0 Å². The van der Waals surface area contributed by atoms with Gasteiger partial charge in [0.05, 0.1) is 0 Å². The Morgan fingerprint density at radius 2 is 1.48 bits per heavy atom. The average Bonchev–Trinajstić information content (AvgIpc) is 2.38. The lowest BCUT2D eigenvalue weighted by Gasteiger charge is -2.18. The molecule has 2 heteroatoms. The average molecular weight is 294 g/mol. The van der Waals surface area contributed by atoms with Crippen molar-refractivity contribution in [1.29, 1.82) is 0 Å². The summed E-state index contributed by atoms with van der Waals surface area (Å²) in [6.07, 6.45) is 10.3. The van der Waals surface area contributed by atoms with Crippen LogP contribution in [0.2, 0.25) is 0 Å². The van der Waals surface area contributed by atoms with Crippen molar-refractivity contribution in [2.75, 3.05) is 6.61 Å². The third-order valence-electron chi connectivity index (χ3n) is 4.11. The van der Waals surface area contributed by atoms with Crippen LogP contribution in [0.5, 0.6) is 0 Å². The predicted octanol–water partition coefficient (Wildman–Crippen LogP) is 5.07. The number of rotatable bonds is 11. The van der Waals surface area contributed by atoms with Crippen LogP contribution in [0, 0.1) is 11.8 Å². The Morgan fingerprint density at radius 1 is 0.952 bits per heavy atom. The molecular weight excluding hydrogens is 260 g/mol. The Kier molecular flexibility index (Phi) is 11.2. The van der Waals surface area contributed by atoms with E-state index < -0.39 is 0 Å². The summed E-state index contributed by atoms with van der Waals surface area (Å²) >= 11 is 0. The molecule has 122 valence electrons. The number of ketones is 1. The maximum absolute atomic E-state index is 10.9. The van der Waals surface area contributed by atoms with Crippen LogP contribution in [0.1, 0.15) is 73.1 Å². The Morgan fingerprint density at radius 3 is 1.95 bits per heavy atom. The molecular formula is C19H34O2. The summed E-state index contributed by atoms with van der Waals surface area (Å²) in [5, 5.41) is 9.33. The fourth-order valence-corrected chi connectivity index (χ4v) is 2.32. The number of allylic oxidation sites excluding steroid dienone is 4. The molecule has 0 spiro atoms. The van der Waals surface area contributed by atoms with E-state index in [2.05, 4.69) is 39.8 Å². The highest BCUT2D eigenvalue weighted by Crippen LogP contribution is 2.20.